The molecule has 2 aromatic carbocycles. The lowest BCUT2D eigenvalue weighted by atomic mass is 10.3. The summed E-state index contributed by atoms with van der Waals surface area (Å²) >= 11 is 11.4. The van der Waals surface area contributed by atoms with Gasteiger partial charge in [-0.05, 0) is 36.4 Å². The summed E-state index contributed by atoms with van der Waals surface area (Å²) < 4.78 is 22.1. The van der Waals surface area contributed by atoms with Crippen LogP contribution in [0.5, 0.6) is 11.5 Å². The van der Waals surface area contributed by atoms with Crippen molar-refractivity contribution in [1.82, 2.24) is 0 Å². The molecule has 94 valence electrons. The van der Waals surface area contributed by atoms with Crippen LogP contribution in [-0.4, -0.2) is 0 Å². The largest absolute Gasteiger partial charge is 0.530 e. The smallest absolute Gasteiger partial charge is 0.405 e. The summed E-state index contributed by atoms with van der Waals surface area (Å²) in [6.07, 6.45) is 0. The van der Waals surface area contributed by atoms with Gasteiger partial charge in [0, 0.05) is 16.3 Å². The van der Waals surface area contributed by atoms with Crippen LogP contribution in [0.2, 0.25) is 5.02 Å². The minimum absolute atomic E-state index is 0.327. The van der Waals surface area contributed by atoms with E-state index < -0.39 is 6.95 Å². The Kier molecular flexibility index (Phi) is 4.18. The number of para-hydroxylation sites is 1. The molecule has 0 aliphatic carbocycles. The van der Waals surface area contributed by atoms with E-state index in [9.17, 15) is 4.57 Å². The van der Waals surface area contributed by atoms with Crippen molar-refractivity contribution in [3.63, 3.8) is 0 Å². The van der Waals surface area contributed by atoms with E-state index in [0.29, 0.717) is 16.5 Å². The zero-order valence-electron chi connectivity index (χ0n) is 9.12. The topological polar surface area (TPSA) is 35.5 Å². The van der Waals surface area contributed by atoms with Gasteiger partial charge in [-0.3, -0.25) is 0 Å². The fourth-order valence-electron chi connectivity index (χ4n) is 1.25. The third-order valence-electron chi connectivity index (χ3n) is 1.99. The minimum atomic E-state index is -3.72. The summed E-state index contributed by atoms with van der Waals surface area (Å²) in [5, 5.41) is 0.552. The maximum Gasteiger partial charge on any atom is 0.530 e. The summed E-state index contributed by atoms with van der Waals surface area (Å²) in [6, 6.07) is 14.9. The zero-order chi connectivity index (χ0) is 13.0. The highest BCUT2D eigenvalue weighted by atomic mass is 35.7. The molecule has 2 aromatic rings. The molecule has 0 bridgehead atoms. The standard InChI is InChI=1S/C12H9Cl2O3P/c13-10-6-8-12(9-7-10)17-18(14,15)16-11-4-2-1-3-5-11/h1-9H/t18-/m1/s1. The molecular formula is C12H9Cl2O3P. The summed E-state index contributed by atoms with van der Waals surface area (Å²) in [6.45, 7) is -3.72. The monoisotopic (exact) mass is 302 g/mol. The van der Waals surface area contributed by atoms with Gasteiger partial charge in [-0.1, -0.05) is 29.8 Å². The molecule has 0 saturated heterocycles. The second kappa shape index (κ2) is 5.66. The average Bonchev–Trinajstić information content (AvgIpc) is 2.32. The lowest BCUT2D eigenvalue weighted by Crippen LogP contribution is -1.94. The molecule has 1 atom stereocenters. The Morgan fingerprint density at radius 3 is 1.89 bits per heavy atom. The van der Waals surface area contributed by atoms with E-state index in [1.54, 1.807) is 48.5 Å². The second-order valence-electron chi connectivity index (χ2n) is 3.38. The first kappa shape index (κ1) is 13.3. The lowest BCUT2D eigenvalue weighted by molar-refractivity contribution is 0.406. The van der Waals surface area contributed by atoms with E-state index in [-0.39, 0.29) is 0 Å². The van der Waals surface area contributed by atoms with Gasteiger partial charge in [0.2, 0.25) is 0 Å². The number of benzene rings is 2. The quantitative estimate of drug-likeness (QED) is 0.733. The molecule has 0 N–H and O–H groups in total. The molecule has 2 rings (SSSR count). The fraction of sp³-hybridized carbons (Fsp3) is 0. The highest BCUT2D eigenvalue weighted by molar-refractivity contribution is 7.82. The lowest BCUT2D eigenvalue weighted by Gasteiger charge is -2.13. The molecule has 0 aliphatic rings. The van der Waals surface area contributed by atoms with Crippen LogP contribution in [0.3, 0.4) is 0 Å². The third-order valence-corrected chi connectivity index (χ3v) is 3.51. The molecule has 18 heavy (non-hydrogen) atoms. The van der Waals surface area contributed by atoms with Crippen molar-refractivity contribution in [2.75, 3.05) is 0 Å². The maximum atomic E-state index is 11.9. The summed E-state index contributed by atoms with van der Waals surface area (Å²) in [4.78, 5) is 0. The van der Waals surface area contributed by atoms with Gasteiger partial charge in [0.1, 0.15) is 11.5 Å². The van der Waals surface area contributed by atoms with Gasteiger partial charge in [-0.25, -0.2) is 4.57 Å². The molecule has 6 heteroatoms. The Hall–Kier alpha value is -1.15. The van der Waals surface area contributed by atoms with Crippen molar-refractivity contribution in [2.24, 2.45) is 0 Å². The van der Waals surface area contributed by atoms with Crippen LogP contribution in [0.25, 0.3) is 0 Å². The first-order chi connectivity index (χ1) is 8.55. The predicted molar refractivity (Wildman–Crippen MR) is 72.6 cm³/mol. The number of halogens is 2. The van der Waals surface area contributed by atoms with Crippen LogP contribution in [0.4, 0.5) is 0 Å². The highest BCUT2D eigenvalue weighted by Gasteiger charge is 2.24. The Bertz CT molecular complexity index is 557. The van der Waals surface area contributed by atoms with Gasteiger partial charge in [-0.2, -0.15) is 0 Å². The van der Waals surface area contributed by atoms with Crippen LogP contribution >= 0.6 is 29.8 Å². The fourth-order valence-corrected chi connectivity index (χ4v) is 2.64. The van der Waals surface area contributed by atoms with Crippen LogP contribution in [0.15, 0.2) is 54.6 Å². The summed E-state index contributed by atoms with van der Waals surface area (Å²) in [5.41, 5.74) is 0. The van der Waals surface area contributed by atoms with Crippen molar-refractivity contribution in [3.8, 4) is 11.5 Å². The molecule has 0 spiro atoms. The van der Waals surface area contributed by atoms with Crippen molar-refractivity contribution in [1.29, 1.82) is 0 Å². The van der Waals surface area contributed by atoms with Crippen LogP contribution < -0.4 is 9.05 Å². The molecule has 0 amide bonds. The number of hydrogen-bond donors (Lipinski definition) is 0. The Labute approximate surface area is 115 Å². The normalized spacial score (nSPS) is 13.7. The Morgan fingerprint density at radius 2 is 1.33 bits per heavy atom. The van der Waals surface area contributed by atoms with E-state index in [4.69, 9.17) is 31.9 Å². The third kappa shape index (κ3) is 3.95. The van der Waals surface area contributed by atoms with Gasteiger partial charge >= 0.3 is 6.95 Å². The van der Waals surface area contributed by atoms with E-state index in [2.05, 4.69) is 0 Å². The summed E-state index contributed by atoms with van der Waals surface area (Å²) in [7, 11) is 0. The van der Waals surface area contributed by atoms with Crippen molar-refractivity contribution < 1.29 is 13.6 Å². The molecule has 0 radical (unpaired) electrons. The second-order valence-corrected chi connectivity index (χ2v) is 6.29. The van der Waals surface area contributed by atoms with E-state index >= 15 is 0 Å². The van der Waals surface area contributed by atoms with E-state index in [1.807, 2.05) is 6.07 Å². The van der Waals surface area contributed by atoms with Crippen molar-refractivity contribution in [3.05, 3.63) is 59.6 Å². The van der Waals surface area contributed by atoms with Crippen LogP contribution in [-0.2, 0) is 4.57 Å². The zero-order valence-corrected chi connectivity index (χ0v) is 11.5. The van der Waals surface area contributed by atoms with E-state index in [1.165, 1.54) is 0 Å². The minimum Gasteiger partial charge on any atom is -0.405 e. The first-order valence-electron chi connectivity index (χ1n) is 5.05. The molecule has 0 fully saturated rings. The molecule has 0 aromatic heterocycles. The van der Waals surface area contributed by atoms with Gasteiger partial charge in [0.25, 0.3) is 0 Å². The number of hydrogen-bond acceptors (Lipinski definition) is 3. The predicted octanol–water partition coefficient (Wildman–Crippen LogP) is 5.14. The van der Waals surface area contributed by atoms with Crippen molar-refractivity contribution >= 4 is 29.8 Å². The molecule has 0 saturated carbocycles. The molecule has 0 heterocycles. The molecule has 3 nitrogen and oxygen atoms in total. The van der Waals surface area contributed by atoms with Gasteiger partial charge in [0.05, 0.1) is 0 Å². The Morgan fingerprint density at radius 1 is 0.833 bits per heavy atom. The van der Waals surface area contributed by atoms with Gasteiger partial charge in [0.15, 0.2) is 0 Å². The average molecular weight is 303 g/mol. The Balaban J connectivity index is 2.08. The molecule has 0 aliphatic heterocycles. The van der Waals surface area contributed by atoms with Crippen LogP contribution in [0, 0.1) is 0 Å². The first-order valence-corrected chi connectivity index (χ1v) is 7.87. The maximum absolute atomic E-state index is 11.9. The SMILES string of the molecule is O=[P@](Cl)(Oc1ccccc1)Oc1ccc(Cl)cc1. The number of rotatable bonds is 4. The highest BCUT2D eigenvalue weighted by Crippen LogP contribution is 2.53. The van der Waals surface area contributed by atoms with Crippen molar-refractivity contribution in [2.45, 2.75) is 0 Å². The molecule has 0 unspecified atom stereocenters. The van der Waals surface area contributed by atoms with Gasteiger partial charge in [-0.15, -0.1) is 0 Å². The van der Waals surface area contributed by atoms with Gasteiger partial charge < -0.3 is 9.05 Å². The molecular weight excluding hydrogens is 294 g/mol. The van der Waals surface area contributed by atoms with Crippen LogP contribution in [0.1, 0.15) is 0 Å². The summed E-state index contributed by atoms with van der Waals surface area (Å²) in [5.74, 6) is 0.707. The van der Waals surface area contributed by atoms with E-state index in [0.717, 1.165) is 0 Å².